The number of nitrogens with one attached hydrogen (secondary N) is 2. The van der Waals surface area contributed by atoms with Crippen LogP contribution >= 0.6 is 11.6 Å². The fraction of sp³-hybridized carbons (Fsp3) is 0.235. The van der Waals surface area contributed by atoms with Gasteiger partial charge >= 0.3 is 0 Å². The largest absolute Gasteiger partial charge is 0.317 e. The predicted octanol–water partition coefficient (Wildman–Crippen LogP) is 3.49. The Bertz CT molecular complexity index is 896. The second-order valence-corrected chi connectivity index (χ2v) is 6.08. The highest BCUT2D eigenvalue weighted by Crippen LogP contribution is 2.23. The lowest BCUT2D eigenvalue weighted by Crippen LogP contribution is -2.14. The summed E-state index contributed by atoms with van der Waals surface area (Å²) in [5.41, 5.74) is 4.98. The summed E-state index contributed by atoms with van der Waals surface area (Å²) in [5, 5.41) is 14.1. The van der Waals surface area contributed by atoms with Crippen molar-refractivity contribution in [3.63, 3.8) is 0 Å². The van der Waals surface area contributed by atoms with Crippen LogP contribution in [0.1, 0.15) is 33.0 Å². The molecule has 0 spiro atoms. The number of benzene rings is 1. The Morgan fingerprint density at radius 1 is 1.29 bits per heavy atom. The number of hydrogen-bond acceptors (Lipinski definition) is 3. The number of hydrogen-bond donors (Lipinski definition) is 2. The number of H-pyrrole nitrogens is 1. The smallest absolute Gasteiger partial charge is 0.275 e. The first-order valence-corrected chi connectivity index (χ1v) is 7.94. The molecule has 0 bridgehead atoms. The van der Waals surface area contributed by atoms with Gasteiger partial charge < -0.3 is 5.32 Å². The zero-order valence-electron chi connectivity index (χ0n) is 13.7. The number of amides is 1. The van der Waals surface area contributed by atoms with Crippen LogP contribution in [0.3, 0.4) is 0 Å². The molecule has 3 rings (SSSR count). The first-order valence-electron chi connectivity index (χ1n) is 7.56. The van der Waals surface area contributed by atoms with Gasteiger partial charge in [0.2, 0.25) is 0 Å². The van der Waals surface area contributed by atoms with E-state index in [9.17, 15) is 4.79 Å². The average molecular weight is 344 g/mol. The van der Waals surface area contributed by atoms with Crippen molar-refractivity contribution in [2.75, 3.05) is 5.32 Å². The van der Waals surface area contributed by atoms with Crippen LogP contribution in [0, 0.1) is 20.8 Å². The topological polar surface area (TPSA) is 75.6 Å². The molecule has 0 fully saturated rings. The number of aromatic amines is 1. The van der Waals surface area contributed by atoms with Gasteiger partial charge in [0.1, 0.15) is 5.69 Å². The molecule has 0 saturated heterocycles. The maximum atomic E-state index is 12.3. The minimum Gasteiger partial charge on any atom is -0.317 e. The molecule has 3 aromatic rings. The maximum Gasteiger partial charge on any atom is 0.275 e. The monoisotopic (exact) mass is 343 g/mol. The van der Waals surface area contributed by atoms with Crippen LogP contribution < -0.4 is 5.32 Å². The molecule has 124 valence electrons. The van der Waals surface area contributed by atoms with E-state index in [-0.39, 0.29) is 16.6 Å². The summed E-state index contributed by atoms with van der Waals surface area (Å²) in [7, 11) is 0. The van der Waals surface area contributed by atoms with E-state index in [2.05, 4.69) is 39.7 Å². The third-order valence-electron chi connectivity index (χ3n) is 4.02. The number of aromatic nitrogens is 4. The van der Waals surface area contributed by atoms with Crippen LogP contribution in [-0.2, 0) is 6.54 Å². The van der Waals surface area contributed by atoms with E-state index >= 15 is 0 Å². The summed E-state index contributed by atoms with van der Waals surface area (Å²) in [6.45, 7) is 6.53. The highest BCUT2D eigenvalue weighted by Gasteiger charge is 2.18. The van der Waals surface area contributed by atoms with Gasteiger partial charge in [-0.1, -0.05) is 35.9 Å². The molecular weight excluding hydrogens is 326 g/mol. The van der Waals surface area contributed by atoms with E-state index in [0.29, 0.717) is 12.2 Å². The van der Waals surface area contributed by atoms with Gasteiger partial charge in [-0.15, -0.1) is 0 Å². The lowest BCUT2D eigenvalue weighted by molar-refractivity contribution is 0.102. The standard InChI is InChI=1S/C17H18ClN5O/c1-10-6-4-5-7-13(10)9-23-12(3)15(11(2)22-23)20-17(24)16-14(18)8-19-21-16/h4-8H,9H2,1-3H3,(H,19,21)(H,20,24). The van der Waals surface area contributed by atoms with E-state index in [1.807, 2.05) is 30.7 Å². The highest BCUT2D eigenvalue weighted by molar-refractivity contribution is 6.34. The van der Waals surface area contributed by atoms with Gasteiger partial charge in [-0.25, -0.2) is 0 Å². The van der Waals surface area contributed by atoms with E-state index in [0.717, 1.165) is 11.4 Å². The molecule has 0 aliphatic carbocycles. The number of halogens is 1. The SMILES string of the molecule is Cc1ccccc1Cn1nc(C)c(NC(=O)c2[nH]ncc2Cl)c1C. The van der Waals surface area contributed by atoms with Crippen molar-refractivity contribution >= 4 is 23.2 Å². The molecule has 2 heterocycles. The van der Waals surface area contributed by atoms with E-state index in [4.69, 9.17) is 11.6 Å². The van der Waals surface area contributed by atoms with Crippen molar-refractivity contribution in [3.05, 3.63) is 63.7 Å². The Morgan fingerprint density at radius 3 is 2.71 bits per heavy atom. The summed E-state index contributed by atoms with van der Waals surface area (Å²) >= 11 is 5.93. The summed E-state index contributed by atoms with van der Waals surface area (Å²) in [4.78, 5) is 12.3. The molecular formula is C17H18ClN5O. The molecule has 0 atom stereocenters. The maximum absolute atomic E-state index is 12.3. The van der Waals surface area contributed by atoms with Crippen molar-refractivity contribution in [1.82, 2.24) is 20.0 Å². The van der Waals surface area contributed by atoms with Gasteiger partial charge in [0, 0.05) is 0 Å². The molecule has 0 aliphatic rings. The second kappa shape index (κ2) is 6.49. The molecule has 7 heteroatoms. The van der Waals surface area contributed by atoms with Gasteiger partial charge in [0.15, 0.2) is 0 Å². The Labute approximate surface area is 144 Å². The van der Waals surface area contributed by atoms with Gasteiger partial charge in [0.25, 0.3) is 5.91 Å². The lowest BCUT2D eigenvalue weighted by Gasteiger charge is -2.08. The van der Waals surface area contributed by atoms with Gasteiger partial charge in [-0.2, -0.15) is 10.2 Å². The van der Waals surface area contributed by atoms with Crippen LogP contribution in [0.5, 0.6) is 0 Å². The van der Waals surface area contributed by atoms with Crippen molar-refractivity contribution in [2.45, 2.75) is 27.3 Å². The van der Waals surface area contributed by atoms with E-state index in [1.165, 1.54) is 17.3 Å². The molecule has 2 N–H and O–H groups in total. The quantitative estimate of drug-likeness (QED) is 0.761. The minimum absolute atomic E-state index is 0.238. The lowest BCUT2D eigenvalue weighted by atomic mass is 10.1. The molecule has 2 aromatic heterocycles. The second-order valence-electron chi connectivity index (χ2n) is 5.68. The molecule has 0 unspecified atom stereocenters. The molecule has 0 saturated carbocycles. The zero-order valence-corrected chi connectivity index (χ0v) is 14.5. The Balaban J connectivity index is 1.86. The summed E-state index contributed by atoms with van der Waals surface area (Å²) in [6.07, 6.45) is 1.40. The first-order chi connectivity index (χ1) is 11.5. The summed E-state index contributed by atoms with van der Waals surface area (Å²) < 4.78 is 1.89. The summed E-state index contributed by atoms with van der Waals surface area (Å²) in [6, 6.07) is 8.18. The number of carbonyl (C=O) groups is 1. The third kappa shape index (κ3) is 3.05. The van der Waals surface area contributed by atoms with Crippen molar-refractivity contribution in [3.8, 4) is 0 Å². The zero-order chi connectivity index (χ0) is 17.3. The highest BCUT2D eigenvalue weighted by atomic mass is 35.5. The Morgan fingerprint density at radius 2 is 2.04 bits per heavy atom. The average Bonchev–Trinajstić information content (AvgIpc) is 3.08. The molecule has 24 heavy (non-hydrogen) atoms. The predicted molar refractivity (Wildman–Crippen MR) is 93.5 cm³/mol. The van der Waals surface area contributed by atoms with E-state index in [1.54, 1.807) is 0 Å². The van der Waals surface area contributed by atoms with Crippen LogP contribution in [0.25, 0.3) is 0 Å². The van der Waals surface area contributed by atoms with E-state index < -0.39 is 0 Å². The van der Waals surface area contributed by atoms with Crippen molar-refractivity contribution in [1.29, 1.82) is 0 Å². The molecule has 1 aromatic carbocycles. The Hall–Kier alpha value is -2.60. The van der Waals surface area contributed by atoms with Crippen molar-refractivity contribution < 1.29 is 4.79 Å². The van der Waals surface area contributed by atoms with Crippen LogP contribution in [-0.4, -0.2) is 25.9 Å². The number of rotatable bonds is 4. The Kier molecular flexibility index (Phi) is 4.40. The molecule has 6 nitrogen and oxygen atoms in total. The normalized spacial score (nSPS) is 10.8. The fourth-order valence-electron chi connectivity index (χ4n) is 2.59. The summed E-state index contributed by atoms with van der Waals surface area (Å²) in [5.74, 6) is -0.334. The van der Waals surface area contributed by atoms with Gasteiger partial charge in [-0.3, -0.25) is 14.6 Å². The van der Waals surface area contributed by atoms with Crippen LogP contribution in [0.2, 0.25) is 5.02 Å². The fourth-order valence-corrected chi connectivity index (χ4v) is 2.76. The first kappa shape index (κ1) is 16.3. The number of anilines is 1. The third-order valence-corrected chi connectivity index (χ3v) is 4.31. The van der Waals surface area contributed by atoms with Gasteiger partial charge in [-0.05, 0) is 31.9 Å². The minimum atomic E-state index is -0.334. The number of carbonyl (C=O) groups excluding carboxylic acids is 1. The molecule has 0 aliphatic heterocycles. The molecule has 1 amide bonds. The number of aryl methyl sites for hydroxylation is 2. The molecule has 0 radical (unpaired) electrons. The van der Waals surface area contributed by atoms with Gasteiger partial charge in [0.05, 0.1) is 34.8 Å². The van der Waals surface area contributed by atoms with Crippen molar-refractivity contribution in [2.24, 2.45) is 0 Å². The number of nitrogens with zero attached hydrogens (tertiary/aromatic N) is 3. The van der Waals surface area contributed by atoms with Crippen LogP contribution in [0.15, 0.2) is 30.5 Å². The van der Waals surface area contributed by atoms with Crippen LogP contribution in [0.4, 0.5) is 5.69 Å².